The molecule has 0 spiro atoms. The van der Waals surface area contributed by atoms with Gasteiger partial charge in [0, 0.05) is 0 Å². The fraction of sp³-hybridized carbons (Fsp3) is 0.208. The zero-order valence-electron chi connectivity index (χ0n) is 18.0. The Morgan fingerprint density at radius 2 is 1.67 bits per heavy atom. The van der Waals surface area contributed by atoms with Crippen molar-refractivity contribution < 1.29 is 27.4 Å². The molecule has 33 heavy (non-hydrogen) atoms. The van der Waals surface area contributed by atoms with Gasteiger partial charge in [-0.05, 0) is 36.4 Å². The highest BCUT2D eigenvalue weighted by Gasteiger charge is 2.26. The van der Waals surface area contributed by atoms with E-state index in [9.17, 15) is 13.2 Å². The molecule has 0 saturated carbocycles. The Labute approximate surface area is 192 Å². The van der Waals surface area contributed by atoms with Gasteiger partial charge in [0.1, 0.15) is 25.0 Å². The number of para-hydroxylation sites is 5. The van der Waals surface area contributed by atoms with Crippen molar-refractivity contribution in [2.75, 3.05) is 30.3 Å². The minimum Gasteiger partial charge on any atom is -0.486 e. The minimum atomic E-state index is -3.77. The summed E-state index contributed by atoms with van der Waals surface area (Å²) in [5.41, 5.74) is 0.269. The molecule has 0 fully saturated rings. The summed E-state index contributed by atoms with van der Waals surface area (Å²) < 4.78 is 43.5. The van der Waals surface area contributed by atoms with E-state index in [-0.39, 0.29) is 24.9 Å². The molecule has 0 unspecified atom stereocenters. The van der Waals surface area contributed by atoms with Crippen LogP contribution in [0.2, 0.25) is 0 Å². The normalized spacial score (nSPS) is 14.9. The van der Waals surface area contributed by atoms with Crippen molar-refractivity contribution in [3.8, 4) is 23.0 Å². The molecule has 1 aliphatic rings. The van der Waals surface area contributed by atoms with E-state index in [4.69, 9.17) is 14.2 Å². The first-order valence-corrected chi connectivity index (χ1v) is 12.2. The largest absolute Gasteiger partial charge is 0.486 e. The zero-order chi connectivity index (χ0) is 23.3. The van der Waals surface area contributed by atoms with Crippen LogP contribution < -0.4 is 23.8 Å². The van der Waals surface area contributed by atoms with Crippen molar-refractivity contribution in [1.82, 2.24) is 5.32 Å². The monoisotopic (exact) mass is 468 g/mol. The van der Waals surface area contributed by atoms with Crippen molar-refractivity contribution in [3.63, 3.8) is 0 Å². The SMILES string of the molecule is CS(=O)(=O)N(CC(=O)NC[C@@H]1COc2ccccc2O1)c1ccccc1Oc1ccccc1. The van der Waals surface area contributed by atoms with Gasteiger partial charge in [-0.25, -0.2) is 8.42 Å². The summed E-state index contributed by atoms with van der Waals surface area (Å²) >= 11 is 0. The van der Waals surface area contributed by atoms with Crippen LogP contribution >= 0.6 is 0 Å². The number of fused-ring (bicyclic) bond motifs is 1. The van der Waals surface area contributed by atoms with E-state index in [1.807, 2.05) is 36.4 Å². The summed E-state index contributed by atoms with van der Waals surface area (Å²) in [5.74, 6) is 1.66. The number of nitrogens with zero attached hydrogens (tertiary/aromatic N) is 1. The lowest BCUT2D eigenvalue weighted by Gasteiger charge is -2.27. The van der Waals surface area contributed by atoms with E-state index in [0.29, 0.717) is 23.0 Å². The summed E-state index contributed by atoms with van der Waals surface area (Å²) in [6, 6.07) is 23.0. The second-order valence-electron chi connectivity index (χ2n) is 7.45. The fourth-order valence-corrected chi connectivity index (χ4v) is 4.18. The van der Waals surface area contributed by atoms with Crippen LogP contribution in [0, 0.1) is 0 Å². The standard InChI is InChI=1S/C24H24N2O6S/c1-33(28,29)26(20-11-5-6-12-21(20)31-18-9-3-2-4-10-18)16-24(27)25-15-19-17-30-22-13-7-8-14-23(22)32-19/h2-14,19H,15-17H2,1H3,(H,25,27)/t19-/m1/s1. The number of benzene rings is 3. The lowest BCUT2D eigenvalue weighted by atomic mass is 10.2. The molecule has 1 N–H and O–H groups in total. The third kappa shape index (κ3) is 5.75. The Kier molecular flexibility index (Phi) is 6.69. The van der Waals surface area contributed by atoms with E-state index < -0.39 is 22.5 Å². The van der Waals surface area contributed by atoms with Gasteiger partial charge in [-0.3, -0.25) is 9.10 Å². The Morgan fingerprint density at radius 1 is 1.00 bits per heavy atom. The summed E-state index contributed by atoms with van der Waals surface area (Å²) in [6.07, 6.45) is 0.665. The highest BCUT2D eigenvalue weighted by atomic mass is 32.2. The minimum absolute atomic E-state index is 0.174. The summed E-state index contributed by atoms with van der Waals surface area (Å²) in [7, 11) is -3.77. The van der Waals surface area contributed by atoms with Gasteiger partial charge in [-0.15, -0.1) is 0 Å². The first-order chi connectivity index (χ1) is 15.9. The van der Waals surface area contributed by atoms with Crippen LogP contribution in [0.4, 0.5) is 5.69 Å². The number of carbonyl (C=O) groups excluding carboxylic acids is 1. The van der Waals surface area contributed by atoms with Gasteiger partial charge in [-0.2, -0.15) is 0 Å². The first-order valence-electron chi connectivity index (χ1n) is 10.3. The van der Waals surface area contributed by atoms with Crippen LogP contribution in [0.3, 0.4) is 0 Å². The molecule has 0 aliphatic carbocycles. The molecular weight excluding hydrogens is 444 g/mol. The van der Waals surface area contributed by atoms with E-state index in [1.54, 1.807) is 42.5 Å². The molecule has 0 saturated heterocycles. The molecule has 1 amide bonds. The second kappa shape index (κ2) is 9.83. The maximum Gasteiger partial charge on any atom is 0.240 e. The summed E-state index contributed by atoms with van der Waals surface area (Å²) in [4.78, 5) is 12.7. The predicted octanol–water partition coefficient (Wildman–Crippen LogP) is 3.20. The number of hydrogen-bond donors (Lipinski definition) is 1. The molecule has 0 aromatic heterocycles. The number of hydrogen-bond acceptors (Lipinski definition) is 6. The number of rotatable bonds is 8. The topological polar surface area (TPSA) is 94.2 Å². The molecule has 1 heterocycles. The molecule has 3 aromatic carbocycles. The molecule has 8 nitrogen and oxygen atoms in total. The number of anilines is 1. The van der Waals surface area contributed by atoms with Crippen LogP contribution in [0.25, 0.3) is 0 Å². The molecule has 0 bridgehead atoms. The van der Waals surface area contributed by atoms with Crippen molar-refractivity contribution in [2.24, 2.45) is 0 Å². The zero-order valence-corrected chi connectivity index (χ0v) is 18.8. The van der Waals surface area contributed by atoms with Crippen molar-refractivity contribution >= 4 is 21.6 Å². The average Bonchev–Trinajstić information content (AvgIpc) is 2.81. The molecule has 3 aromatic rings. The molecule has 4 rings (SSSR count). The van der Waals surface area contributed by atoms with Crippen LogP contribution in [-0.4, -0.2) is 46.4 Å². The van der Waals surface area contributed by atoms with Crippen LogP contribution in [0.1, 0.15) is 0 Å². The lowest BCUT2D eigenvalue weighted by Crippen LogP contribution is -2.45. The average molecular weight is 469 g/mol. The fourth-order valence-electron chi connectivity index (χ4n) is 3.32. The number of sulfonamides is 1. The maximum absolute atomic E-state index is 12.7. The third-order valence-electron chi connectivity index (χ3n) is 4.89. The number of carbonyl (C=O) groups is 1. The Morgan fingerprint density at radius 3 is 2.42 bits per heavy atom. The second-order valence-corrected chi connectivity index (χ2v) is 9.36. The number of nitrogens with one attached hydrogen (secondary N) is 1. The molecule has 1 aliphatic heterocycles. The van der Waals surface area contributed by atoms with E-state index in [1.165, 1.54) is 0 Å². The highest BCUT2D eigenvalue weighted by molar-refractivity contribution is 7.92. The van der Waals surface area contributed by atoms with Gasteiger partial charge in [0.05, 0.1) is 18.5 Å². The van der Waals surface area contributed by atoms with Gasteiger partial charge < -0.3 is 19.5 Å². The first kappa shape index (κ1) is 22.5. The lowest BCUT2D eigenvalue weighted by molar-refractivity contribution is -0.120. The van der Waals surface area contributed by atoms with Gasteiger partial charge >= 0.3 is 0 Å². The van der Waals surface area contributed by atoms with Gasteiger partial charge in [-0.1, -0.05) is 42.5 Å². The van der Waals surface area contributed by atoms with Crippen LogP contribution in [0.5, 0.6) is 23.0 Å². The molecule has 172 valence electrons. The molecule has 1 atom stereocenters. The Balaban J connectivity index is 1.44. The quantitative estimate of drug-likeness (QED) is 0.546. The van der Waals surface area contributed by atoms with E-state index >= 15 is 0 Å². The van der Waals surface area contributed by atoms with Crippen LogP contribution in [0.15, 0.2) is 78.9 Å². The predicted molar refractivity (Wildman–Crippen MR) is 125 cm³/mol. The summed E-state index contributed by atoms with van der Waals surface area (Å²) in [5, 5.41) is 2.73. The van der Waals surface area contributed by atoms with Crippen LogP contribution in [-0.2, 0) is 14.8 Å². The van der Waals surface area contributed by atoms with Gasteiger partial charge in [0.25, 0.3) is 0 Å². The highest BCUT2D eigenvalue weighted by Crippen LogP contribution is 2.33. The number of amides is 1. The Hall–Kier alpha value is -3.72. The van der Waals surface area contributed by atoms with Crippen molar-refractivity contribution in [2.45, 2.75) is 6.10 Å². The molecule has 0 radical (unpaired) electrons. The molecule has 9 heteroatoms. The summed E-state index contributed by atoms with van der Waals surface area (Å²) in [6.45, 7) is 0.0475. The maximum atomic E-state index is 12.7. The smallest absolute Gasteiger partial charge is 0.240 e. The third-order valence-corrected chi connectivity index (χ3v) is 6.01. The number of ether oxygens (including phenoxy) is 3. The van der Waals surface area contributed by atoms with Crippen molar-refractivity contribution in [1.29, 1.82) is 0 Å². The van der Waals surface area contributed by atoms with E-state index in [0.717, 1.165) is 10.6 Å². The van der Waals surface area contributed by atoms with Crippen molar-refractivity contribution in [3.05, 3.63) is 78.9 Å². The van der Waals surface area contributed by atoms with E-state index in [2.05, 4.69) is 5.32 Å². The van der Waals surface area contributed by atoms with Gasteiger partial charge in [0.2, 0.25) is 15.9 Å². The Bertz CT molecular complexity index is 1220. The van der Waals surface area contributed by atoms with Gasteiger partial charge in [0.15, 0.2) is 17.2 Å². The molecular formula is C24H24N2O6S.